The van der Waals surface area contributed by atoms with Gasteiger partial charge in [-0.25, -0.2) is 0 Å². The summed E-state index contributed by atoms with van der Waals surface area (Å²) in [7, 11) is 0. The zero-order chi connectivity index (χ0) is 7.11. The minimum absolute atomic E-state index is 0.147. The van der Waals surface area contributed by atoms with Crippen LogP contribution in [0.4, 0.5) is 0 Å². The van der Waals surface area contributed by atoms with E-state index < -0.39 is 0 Å². The van der Waals surface area contributed by atoms with Crippen molar-refractivity contribution in [2.75, 3.05) is 0 Å². The van der Waals surface area contributed by atoms with Crippen LogP contribution in [0.1, 0.15) is 33.1 Å². The van der Waals surface area contributed by atoms with Crippen molar-refractivity contribution in [1.29, 1.82) is 0 Å². The molecule has 0 aromatic carbocycles. The van der Waals surface area contributed by atoms with Crippen molar-refractivity contribution in [3.05, 3.63) is 12.2 Å². The monoisotopic (exact) mass is 128 g/mol. The van der Waals surface area contributed by atoms with Gasteiger partial charge in [-0.2, -0.15) is 0 Å². The zero-order valence-corrected chi connectivity index (χ0v) is 6.30. The second kappa shape index (κ2) is 5.83. The molecule has 0 saturated heterocycles. The van der Waals surface area contributed by atoms with E-state index in [-0.39, 0.29) is 6.10 Å². The maximum absolute atomic E-state index is 8.82. The van der Waals surface area contributed by atoms with Crippen LogP contribution < -0.4 is 0 Å². The van der Waals surface area contributed by atoms with Crippen molar-refractivity contribution < 1.29 is 5.11 Å². The molecule has 0 radical (unpaired) electrons. The summed E-state index contributed by atoms with van der Waals surface area (Å²) in [6, 6.07) is 0. The molecule has 9 heavy (non-hydrogen) atoms. The second-order valence-electron chi connectivity index (χ2n) is 2.31. The van der Waals surface area contributed by atoms with Gasteiger partial charge < -0.3 is 5.11 Å². The van der Waals surface area contributed by atoms with Gasteiger partial charge in [-0.15, -0.1) is 0 Å². The molecular weight excluding hydrogens is 112 g/mol. The highest BCUT2D eigenvalue weighted by molar-refractivity contribution is 4.80. The van der Waals surface area contributed by atoms with Crippen molar-refractivity contribution >= 4 is 0 Å². The topological polar surface area (TPSA) is 20.2 Å². The Labute approximate surface area is 57.4 Å². The Morgan fingerprint density at radius 1 is 1.44 bits per heavy atom. The lowest BCUT2D eigenvalue weighted by atomic mass is 10.2. The first-order valence-electron chi connectivity index (χ1n) is 3.60. The zero-order valence-electron chi connectivity index (χ0n) is 6.30. The molecule has 0 bridgehead atoms. The summed E-state index contributed by atoms with van der Waals surface area (Å²) in [5.74, 6) is 0. The molecule has 1 nitrogen and oxygen atoms in total. The molecule has 1 heteroatoms. The van der Waals surface area contributed by atoms with Gasteiger partial charge in [-0.05, 0) is 26.2 Å². The van der Waals surface area contributed by atoms with Gasteiger partial charge in [0.2, 0.25) is 0 Å². The molecule has 0 saturated carbocycles. The highest BCUT2D eigenvalue weighted by atomic mass is 16.3. The van der Waals surface area contributed by atoms with Crippen molar-refractivity contribution in [2.24, 2.45) is 0 Å². The molecule has 0 aromatic rings. The number of aliphatic hydroxyl groups is 1. The number of aliphatic hydroxyl groups excluding tert-OH is 1. The largest absolute Gasteiger partial charge is 0.393 e. The van der Waals surface area contributed by atoms with E-state index in [0.717, 1.165) is 19.3 Å². The molecule has 0 fully saturated rings. The molecule has 0 aliphatic heterocycles. The summed E-state index contributed by atoms with van der Waals surface area (Å²) in [6.07, 6.45) is 7.09. The average Bonchev–Trinajstić information content (AvgIpc) is 1.80. The van der Waals surface area contributed by atoms with Gasteiger partial charge >= 0.3 is 0 Å². The Hall–Kier alpha value is -0.300. The quantitative estimate of drug-likeness (QED) is 0.575. The van der Waals surface area contributed by atoms with E-state index in [4.69, 9.17) is 5.11 Å². The molecule has 1 atom stereocenters. The van der Waals surface area contributed by atoms with Crippen LogP contribution in [0, 0.1) is 0 Å². The van der Waals surface area contributed by atoms with E-state index in [1.165, 1.54) is 0 Å². The summed E-state index contributed by atoms with van der Waals surface area (Å²) in [6.45, 7) is 3.93. The highest BCUT2D eigenvalue weighted by Crippen LogP contribution is 1.96. The minimum Gasteiger partial charge on any atom is -0.393 e. The lowest BCUT2D eigenvalue weighted by molar-refractivity contribution is 0.186. The third-order valence-electron chi connectivity index (χ3n) is 1.15. The molecule has 0 aliphatic rings. The first kappa shape index (κ1) is 8.70. The van der Waals surface area contributed by atoms with Gasteiger partial charge in [0, 0.05) is 0 Å². The molecule has 0 heterocycles. The molecule has 1 N–H and O–H groups in total. The fourth-order valence-corrected chi connectivity index (χ4v) is 0.622. The summed E-state index contributed by atoms with van der Waals surface area (Å²) in [5.41, 5.74) is 0. The summed E-state index contributed by atoms with van der Waals surface area (Å²) < 4.78 is 0. The maximum atomic E-state index is 8.82. The van der Waals surface area contributed by atoms with E-state index in [0.29, 0.717) is 0 Å². The SMILES string of the molecule is CC/C=C\CC[C@@H](C)O. The molecule has 0 aliphatic carbocycles. The lowest BCUT2D eigenvalue weighted by Gasteiger charge is -1.97. The fraction of sp³-hybridized carbons (Fsp3) is 0.750. The van der Waals surface area contributed by atoms with Crippen LogP contribution >= 0.6 is 0 Å². The van der Waals surface area contributed by atoms with E-state index in [1.54, 1.807) is 0 Å². The number of hydrogen-bond acceptors (Lipinski definition) is 1. The maximum Gasteiger partial charge on any atom is 0.0515 e. The van der Waals surface area contributed by atoms with E-state index >= 15 is 0 Å². The molecule has 0 spiro atoms. The van der Waals surface area contributed by atoms with Crippen molar-refractivity contribution in [3.8, 4) is 0 Å². The number of hydrogen-bond donors (Lipinski definition) is 1. The number of rotatable bonds is 4. The predicted octanol–water partition coefficient (Wildman–Crippen LogP) is 2.11. The third kappa shape index (κ3) is 7.70. The van der Waals surface area contributed by atoms with Gasteiger partial charge in [0.05, 0.1) is 6.10 Å². The standard InChI is InChI=1S/C8H16O/c1-3-4-5-6-7-8(2)9/h4-5,8-9H,3,6-7H2,1-2H3/b5-4-/t8-/m1/s1. The molecule has 0 aromatic heterocycles. The third-order valence-corrected chi connectivity index (χ3v) is 1.15. The Morgan fingerprint density at radius 3 is 2.56 bits per heavy atom. The van der Waals surface area contributed by atoms with Crippen LogP contribution in [0.25, 0.3) is 0 Å². The summed E-state index contributed by atoms with van der Waals surface area (Å²) in [5, 5.41) is 8.82. The normalized spacial score (nSPS) is 14.6. The predicted molar refractivity (Wildman–Crippen MR) is 40.3 cm³/mol. The highest BCUT2D eigenvalue weighted by Gasteiger charge is 1.89. The average molecular weight is 128 g/mol. The van der Waals surface area contributed by atoms with E-state index in [2.05, 4.69) is 19.1 Å². The Kier molecular flexibility index (Phi) is 5.64. The van der Waals surface area contributed by atoms with Crippen molar-refractivity contribution in [3.63, 3.8) is 0 Å². The number of allylic oxidation sites excluding steroid dienone is 2. The fourth-order valence-electron chi connectivity index (χ4n) is 0.622. The van der Waals surface area contributed by atoms with E-state index in [9.17, 15) is 0 Å². The second-order valence-corrected chi connectivity index (χ2v) is 2.31. The molecule has 54 valence electrons. The molecular formula is C8H16O. The van der Waals surface area contributed by atoms with Crippen LogP contribution in [-0.4, -0.2) is 11.2 Å². The van der Waals surface area contributed by atoms with E-state index in [1.807, 2.05) is 6.92 Å². The first-order chi connectivity index (χ1) is 4.27. The van der Waals surface area contributed by atoms with Gasteiger partial charge in [0.15, 0.2) is 0 Å². The van der Waals surface area contributed by atoms with Crippen LogP contribution in [0.2, 0.25) is 0 Å². The Balaban J connectivity index is 2.99. The van der Waals surface area contributed by atoms with Gasteiger partial charge in [-0.1, -0.05) is 19.1 Å². The smallest absolute Gasteiger partial charge is 0.0515 e. The van der Waals surface area contributed by atoms with Gasteiger partial charge in [0.1, 0.15) is 0 Å². The summed E-state index contributed by atoms with van der Waals surface area (Å²) >= 11 is 0. The van der Waals surface area contributed by atoms with Crippen LogP contribution in [-0.2, 0) is 0 Å². The molecule has 0 amide bonds. The van der Waals surface area contributed by atoms with Crippen molar-refractivity contribution in [1.82, 2.24) is 0 Å². The van der Waals surface area contributed by atoms with Crippen LogP contribution in [0.15, 0.2) is 12.2 Å². The molecule has 0 rings (SSSR count). The lowest BCUT2D eigenvalue weighted by Crippen LogP contribution is -1.96. The summed E-state index contributed by atoms with van der Waals surface area (Å²) in [4.78, 5) is 0. The minimum atomic E-state index is -0.147. The van der Waals surface area contributed by atoms with Gasteiger partial charge in [0.25, 0.3) is 0 Å². The molecule has 0 unspecified atom stereocenters. The Bertz CT molecular complexity index is 74.6. The van der Waals surface area contributed by atoms with Crippen LogP contribution in [0.5, 0.6) is 0 Å². The first-order valence-corrected chi connectivity index (χ1v) is 3.60. The van der Waals surface area contributed by atoms with Crippen molar-refractivity contribution in [2.45, 2.75) is 39.2 Å². The van der Waals surface area contributed by atoms with Gasteiger partial charge in [-0.3, -0.25) is 0 Å². The van der Waals surface area contributed by atoms with Crippen LogP contribution in [0.3, 0.4) is 0 Å². The Morgan fingerprint density at radius 2 is 2.11 bits per heavy atom.